The molecule has 0 rings (SSSR count). The molecule has 3 nitrogen and oxygen atoms in total. The number of unbranched alkanes of at least 4 members (excludes halogenated alkanes) is 1. The van der Waals surface area contributed by atoms with E-state index in [1.165, 1.54) is 0 Å². The Bertz CT molecular complexity index is 218. The third-order valence-corrected chi connectivity index (χ3v) is 5.79. The highest BCUT2D eigenvalue weighted by Crippen LogP contribution is 2.27. The molecule has 4 heteroatoms. The van der Waals surface area contributed by atoms with Crippen LogP contribution in [0.1, 0.15) is 40.0 Å². The molecule has 0 aliphatic rings. The number of aliphatic hydroxyl groups is 1. The maximum atomic E-state index is 11.9. The number of hydrogen-bond acceptors (Lipinski definition) is 3. The number of ether oxygens (including phenoxy) is 1. The fourth-order valence-electron chi connectivity index (χ4n) is 1.98. The van der Waals surface area contributed by atoms with Gasteiger partial charge >= 0.3 is 5.97 Å². The van der Waals surface area contributed by atoms with Gasteiger partial charge in [-0.15, -0.1) is 0 Å². The van der Waals surface area contributed by atoms with Crippen LogP contribution in [0.25, 0.3) is 0 Å². The minimum absolute atomic E-state index is 0.00170. The summed E-state index contributed by atoms with van der Waals surface area (Å²) in [6.07, 6.45) is 3.02. The van der Waals surface area contributed by atoms with Crippen LogP contribution >= 0.6 is 0 Å². The molecule has 0 saturated carbocycles. The number of esters is 1. The van der Waals surface area contributed by atoms with E-state index in [-0.39, 0.29) is 5.92 Å². The maximum absolute atomic E-state index is 11.9. The second-order valence-electron chi connectivity index (χ2n) is 4.74. The molecule has 0 aromatic carbocycles. The van der Waals surface area contributed by atoms with Crippen molar-refractivity contribution in [3.8, 4) is 0 Å². The van der Waals surface area contributed by atoms with Crippen molar-refractivity contribution in [3.63, 3.8) is 0 Å². The quantitative estimate of drug-likeness (QED) is 0.553. The molecule has 0 aliphatic carbocycles. The first-order valence-corrected chi connectivity index (χ1v) is 9.19. The Morgan fingerprint density at radius 2 is 2.00 bits per heavy atom. The number of carbonyl (C=O) groups excluding carboxylic acids is 1. The van der Waals surface area contributed by atoms with Gasteiger partial charge in [-0.1, -0.05) is 39.8 Å². The van der Waals surface area contributed by atoms with Crippen molar-refractivity contribution in [1.82, 2.24) is 0 Å². The SMILES string of the molecule is CCCCC(C)C(O)(C(=O)OCC)[SiH](C)C. The van der Waals surface area contributed by atoms with Crippen LogP contribution in [0.5, 0.6) is 0 Å². The zero-order valence-electron chi connectivity index (χ0n) is 11.2. The van der Waals surface area contributed by atoms with Crippen LogP contribution in [0.4, 0.5) is 0 Å². The molecule has 0 aromatic heterocycles. The van der Waals surface area contributed by atoms with Gasteiger partial charge in [-0.25, -0.2) is 4.79 Å². The molecule has 0 radical (unpaired) electrons. The van der Waals surface area contributed by atoms with Crippen LogP contribution in [0, 0.1) is 5.92 Å². The second-order valence-corrected chi connectivity index (χ2v) is 7.93. The summed E-state index contributed by atoms with van der Waals surface area (Å²) in [6.45, 7) is 10.2. The fourth-order valence-corrected chi connectivity index (χ4v) is 3.84. The molecule has 1 N–H and O–H groups in total. The normalized spacial score (nSPS) is 16.9. The van der Waals surface area contributed by atoms with Gasteiger partial charge in [0, 0.05) is 0 Å². The van der Waals surface area contributed by atoms with Crippen molar-refractivity contribution in [2.75, 3.05) is 6.61 Å². The van der Waals surface area contributed by atoms with E-state index < -0.39 is 20.0 Å². The number of rotatable bonds is 7. The summed E-state index contributed by atoms with van der Waals surface area (Å²) >= 11 is 0. The van der Waals surface area contributed by atoms with Crippen LogP contribution in [-0.4, -0.2) is 31.7 Å². The fraction of sp³-hybridized carbons (Fsp3) is 0.917. The zero-order valence-corrected chi connectivity index (χ0v) is 12.4. The highest BCUT2D eigenvalue weighted by Gasteiger charge is 2.45. The molecular formula is C12H26O3Si. The Labute approximate surface area is 101 Å². The van der Waals surface area contributed by atoms with Gasteiger partial charge in [0.05, 0.1) is 15.4 Å². The highest BCUT2D eigenvalue weighted by atomic mass is 28.3. The molecule has 0 fully saturated rings. The van der Waals surface area contributed by atoms with Gasteiger partial charge in [0.15, 0.2) is 0 Å². The average Bonchev–Trinajstić information content (AvgIpc) is 2.24. The Morgan fingerprint density at radius 1 is 1.44 bits per heavy atom. The van der Waals surface area contributed by atoms with E-state index in [2.05, 4.69) is 6.92 Å². The van der Waals surface area contributed by atoms with Crippen LogP contribution in [-0.2, 0) is 9.53 Å². The summed E-state index contributed by atoms with van der Waals surface area (Å²) in [5.74, 6) is -0.418. The van der Waals surface area contributed by atoms with Crippen molar-refractivity contribution >= 4 is 14.8 Å². The third-order valence-electron chi connectivity index (χ3n) is 3.22. The Kier molecular flexibility index (Phi) is 6.91. The molecule has 0 heterocycles. The molecule has 2 atom stereocenters. The highest BCUT2D eigenvalue weighted by molar-refractivity contribution is 6.63. The van der Waals surface area contributed by atoms with Crippen molar-refractivity contribution < 1.29 is 14.6 Å². The lowest BCUT2D eigenvalue weighted by Crippen LogP contribution is -2.55. The van der Waals surface area contributed by atoms with Crippen LogP contribution in [0.15, 0.2) is 0 Å². The lowest BCUT2D eigenvalue weighted by Gasteiger charge is -2.34. The second kappa shape index (κ2) is 7.07. The standard InChI is InChI=1S/C12H26O3Si/c1-6-8-9-10(3)12(14,16(4)5)11(13)15-7-2/h10,14,16H,6-9H2,1-5H3. The van der Waals surface area contributed by atoms with E-state index >= 15 is 0 Å². The van der Waals surface area contributed by atoms with Gasteiger partial charge in [-0.2, -0.15) is 0 Å². The largest absolute Gasteiger partial charge is 0.464 e. The first-order chi connectivity index (χ1) is 7.41. The lowest BCUT2D eigenvalue weighted by atomic mass is 9.97. The van der Waals surface area contributed by atoms with Gasteiger partial charge in [0.1, 0.15) is 5.22 Å². The minimum atomic E-state index is -1.51. The number of hydrogen-bond donors (Lipinski definition) is 1. The van der Waals surface area contributed by atoms with Crippen molar-refractivity contribution in [1.29, 1.82) is 0 Å². The predicted molar refractivity (Wildman–Crippen MR) is 69.1 cm³/mol. The summed E-state index contributed by atoms with van der Waals surface area (Å²) in [5, 5.41) is 9.37. The first kappa shape index (κ1) is 15.6. The van der Waals surface area contributed by atoms with E-state index in [4.69, 9.17) is 4.74 Å². The molecule has 16 heavy (non-hydrogen) atoms. The monoisotopic (exact) mass is 246 g/mol. The predicted octanol–water partition coefficient (Wildman–Crippen LogP) is 2.13. The molecule has 0 saturated heterocycles. The zero-order chi connectivity index (χ0) is 12.8. The van der Waals surface area contributed by atoms with E-state index in [1.54, 1.807) is 6.92 Å². The van der Waals surface area contributed by atoms with E-state index in [0.717, 1.165) is 19.3 Å². The van der Waals surface area contributed by atoms with Crippen molar-refractivity contribution in [2.45, 2.75) is 58.4 Å². The topological polar surface area (TPSA) is 46.5 Å². The van der Waals surface area contributed by atoms with Crippen LogP contribution in [0.2, 0.25) is 13.1 Å². The lowest BCUT2D eigenvalue weighted by molar-refractivity contribution is -0.161. The molecule has 0 amide bonds. The Hall–Kier alpha value is -0.353. The number of carbonyl (C=O) groups is 1. The molecule has 0 aliphatic heterocycles. The van der Waals surface area contributed by atoms with E-state index in [9.17, 15) is 9.90 Å². The maximum Gasteiger partial charge on any atom is 0.334 e. The molecule has 0 bridgehead atoms. The van der Waals surface area contributed by atoms with Crippen molar-refractivity contribution in [2.24, 2.45) is 5.92 Å². The summed E-state index contributed by atoms with van der Waals surface area (Å²) in [4.78, 5) is 11.9. The smallest absolute Gasteiger partial charge is 0.334 e. The van der Waals surface area contributed by atoms with E-state index in [0.29, 0.717) is 6.61 Å². The molecule has 0 spiro atoms. The summed E-state index contributed by atoms with van der Waals surface area (Å²) in [7, 11) is -1.51. The van der Waals surface area contributed by atoms with Crippen LogP contribution < -0.4 is 0 Å². The molecular weight excluding hydrogens is 220 g/mol. The van der Waals surface area contributed by atoms with Gasteiger partial charge in [0.25, 0.3) is 0 Å². The molecule has 2 unspecified atom stereocenters. The Balaban J connectivity index is 4.73. The van der Waals surface area contributed by atoms with Crippen molar-refractivity contribution in [3.05, 3.63) is 0 Å². The van der Waals surface area contributed by atoms with Crippen LogP contribution in [0.3, 0.4) is 0 Å². The summed E-state index contributed by atoms with van der Waals surface area (Å²) in [5.41, 5.74) is 0. The average molecular weight is 246 g/mol. The van der Waals surface area contributed by atoms with Gasteiger partial charge in [-0.05, 0) is 19.3 Å². The van der Waals surface area contributed by atoms with Gasteiger partial charge in [-0.3, -0.25) is 0 Å². The Morgan fingerprint density at radius 3 is 2.38 bits per heavy atom. The summed E-state index contributed by atoms with van der Waals surface area (Å²) in [6, 6.07) is 0. The first-order valence-electron chi connectivity index (χ1n) is 6.30. The van der Waals surface area contributed by atoms with Gasteiger partial charge in [0.2, 0.25) is 0 Å². The van der Waals surface area contributed by atoms with Gasteiger partial charge < -0.3 is 9.84 Å². The minimum Gasteiger partial charge on any atom is -0.464 e. The summed E-state index contributed by atoms with van der Waals surface area (Å²) < 4.78 is 5.02. The molecule has 0 aromatic rings. The third kappa shape index (κ3) is 3.59. The molecule has 96 valence electrons. The van der Waals surface area contributed by atoms with E-state index in [1.807, 2.05) is 20.0 Å².